The van der Waals surface area contributed by atoms with E-state index in [-0.39, 0.29) is 11.9 Å². The number of ether oxygens (including phenoxy) is 1. The number of rotatable bonds is 3. The molecule has 1 amide bonds. The van der Waals surface area contributed by atoms with Gasteiger partial charge in [0.1, 0.15) is 11.4 Å². The van der Waals surface area contributed by atoms with Crippen molar-refractivity contribution in [1.29, 1.82) is 0 Å². The van der Waals surface area contributed by atoms with Crippen molar-refractivity contribution >= 4 is 23.6 Å². The van der Waals surface area contributed by atoms with E-state index < -0.39 is 0 Å². The quantitative estimate of drug-likeness (QED) is 0.887. The van der Waals surface area contributed by atoms with Gasteiger partial charge in [-0.2, -0.15) is 0 Å². The number of benzene rings is 2. The first kappa shape index (κ1) is 14.8. The van der Waals surface area contributed by atoms with Crippen molar-refractivity contribution in [2.45, 2.75) is 6.92 Å². The summed E-state index contributed by atoms with van der Waals surface area (Å²) in [5.74, 6) is 0.704. The van der Waals surface area contributed by atoms with Crippen LogP contribution in [0.4, 0.5) is 5.69 Å². The summed E-state index contributed by atoms with van der Waals surface area (Å²) in [6.07, 6.45) is 1.71. The highest BCUT2D eigenvalue weighted by atomic mass is 16.5. The van der Waals surface area contributed by atoms with Gasteiger partial charge in [-0.3, -0.25) is 4.79 Å². The van der Waals surface area contributed by atoms with E-state index in [2.05, 4.69) is 4.99 Å². The van der Waals surface area contributed by atoms with Gasteiger partial charge in [0.25, 0.3) is 5.91 Å². The Bertz CT molecular complexity index is 790. The van der Waals surface area contributed by atoms with Crippen molar-refractivity contribution in [2.24, 2.45) is 10.7 Å². The predicted molar refractivity (Wildman–Crippen MR) is 91.3 cm³/mol. The van der Waals surface area contributed by atoms with Crippen molar-refractivity contribution in [3.05, 3.63) is 65.4 Å². The highest BCUT2D eigenvalue weighted by molar-refractivity contribution is 6.27. The van der Waals surface area contributed by atoms with Crippen molar-refractivity contribution in [2.75, 3.05) is 12.0 Å². The van der Waals surface area contributed by atoms with Gasteiger partial charge < -0.3 is 10.5 Å². The standard InChI is InChI=1S/C18H17N3O2/c1-12-3-7-14(8-4-12)21-17(22)16(20-18(21)19)11-13-5-9-15(23-2)10-6-13/h3-11H,1-2H3,(H2,19,20)/b16-11-. The van der Waals surface area contributed by atoms with Gasteiger partial charge >= 0.3 is 0 Å². The van der Waals surface area contributed by atoms with Crippen molar-refractivity contribution < 1.29 is 9.53 Å². The molecule has 0 saturated heterocycles. The maximum Gasteiger partial charge on any atom is 0.283 e. The molecule has 23 heavy (non-hydrogen) atoms. The normalized spacial score (nSPS) is 15.9. The maximum atomic E-state index is 12.6. The first-order chi connectivity index (χ1) is 11.1. The molecular weight excluding hydrogens is 290 g/mol. The first-order valence-electron chi connectivity index (χ1n) is 7.19. The van der Waals surface area contributed by atoms with E-state index in [9.17, 15) is 4.79 Å². The second kappa shape index (κ2) is 5.96. The summed E-state index contributed by atoms with van der Waals surface area (Å²) in [5, 5.41) is 0. The van der Waals surface area contributed by atoms with Gasteiger partial charge in [0.05, 0.1) is 12.8 Å². The topological polar surface area (TPSA) is 67.9 Å². The van der Waals surface area contributed by atoms with E-state index in [1.807, 2.05) is 55.5 Å². The highest BCUT2D eigenvalue weighted by Gasteiger charge is 2.29. The van der Waals surface area contributed by atoms with Crippen molar-refractivity contribution in [3.63, 3.8) is 0 Å². The number of hydrogen-bond acceptors (Lipinski definition) is 4. The molecule has 116 valence electrons. The Balaban J connectivity index is 1.89. The van der Waals surface area contributed by atoms with Gasteiger partial charge in [0, 0.05) is 0 Å². The lowest BCUT2D eigenvalue weighted by Gasteiger charge is -2.15. The van der Waals surface area contributed by atoms with Gasteiger partial charge in [-0.15, -0.1) is 0 Å². The second-order valence-electron chi connectivity index (χ2n) is 5.25. The van der Waals surface area contributed by atoms with Crippen LogP contribution >= 0.6 is 0 Å². The molecule has 5 nitrogen and oxygen atoms in total. The van der Waals surface area contributed by atoms with Gasteiger partial charge in [-0.1, -0.05) is 29.8 Å². The fourth-order valence-electron chi connectivity index (χ4n) is 2.34. The summed E-state index contributed by atoms with van der Waals surface area (Å²) in [6.45, 7) is 1.99. The lowest BCUT2D eigenvalue weighted by molar-refractivity contribution is -0.113. The lowest BCUT2D eigenvalue weighted by Crippen LogP contribution is -2.37. The molecule has 2 N–H and O–H groups in total. The second-order valence-corrected chi connectivity index (χ2v) is 5.25. The monoisotopic (exact) mass is 307 g/mol. The Morgan fingerprint density at radius 2 is 1.74 bits per heavy atom. The maximum absolute atomic E-state index is 12.6. The predicted octanol–water partition coefficient (Wildman–Crippen LogP) is 2.71. The number of nitrogens with two attached hydrogens (primary N) is 1. The lowest BCUT2D eigenvalue weighted by atomic mass is 10.1. The minimum Gasteiger partial charge on any atom is -0.497 e. The number of carbonyl (C=O) groups is 1. The zero-order chi connectivity index (χ0) is 16.4. The van der Waals surface area contributed by atoms with Crippen LogP contribution in [-0.2, 0) is 4.79 Å². The Morgan fingerprint density at radius 3 is 2.35 bits per heavy atom. The molecule has 0 saturated carbocycles. The third-order valence-electron chi connectivity index (χ3n) is 3.60. The highest BCUT2D eigenvalue weighted by Crippen LogP contribution is 2.24. The zero-order valence-electron chi connectivity index (χ0n) is 13.0. The Labute approximate surface area is 134 Å². The summed E-state index contributed by atoms with van der Waals surface area (Å²) in [7, 11) is 1.61. The average molecular weight is 307 g/mol. The molecule has 1 aliphatic heterocycles. The molecule has 2 aromatic carbocycles. The number of amides is 1. The summed E-state index contributed by atoms with van der Waals surface area (Å²) >= 11 is 0. The van der Waals surface area contributed by atoms with Gasteiger partial charge in [0.15, 0.2) is 0 Å². The van der Waals surface area contributed by atoms with Crippen LogP contribution in [0.5, 0.6) is 5.75 Å². The molecule has 0 aliphatic carbocycles. The van der Waals surface area contributed by atoms with Crippen LogP contribution < -0.4 is 15.4 Å². The van der Waals surface area contributed by atoms with Crippen LogP contribution in [0.25, 0.3) is 6.08 Å². The Kier molecular flexibility index (Phi) is 3.85. The number of aryl methyl sites for hydroxylation is 1. The number of anilines is 1. The van der Waals surface area contributed by atoms with Gasteiger partial charge in [-0.25, -0.2) is 9.89 Å². The van der Waals surface area contributed by atoms with Crippen LogP contribution in [0.1, 0.15) is 11.1 Å². The summed E-state index contributed by atoms with van der Waals surface area (Å²) in [6, 6.07) is 15.0. The van der Waals surface area contributed by atoms with E-state index in [0.29, 0.717) is 11.4 Å². The fourth-order valence-corrected chi connectivity index (χ4v) is 2.34. The van der Waals surface area contributed by atoms with E-state index in [1.165, 1.54) is 4.90 Å². The molecule has 1 heterocycles. The van der Waals surface area contributed by atoms with E-state index in [0.717, 1.165) is 16.9 Å². The van der Waals surface area contributed by atoms with Crippen LogP contribution in [0, 0.1) is 6.92 Å². The Morgan fingerprint density at radius 1 is 1.09 bits per heavy atom. The fraction of sp³-hybridized carbons (Fsp3) is 0.111. The number of methoxy groups -OCH3 is 1. The third kappa shape index (κ3) is 2.94. The molecule has 0 fully saturated rings. The first-order valence-corrected chi connectivity index (χ1v) is 7.19. The number of carbonyl (C=O) groups excluding carboxylic acids is 1. The molecule has 0 aromatic heterocycles. The third-order valence-corrected chi connectivity index (χ3v) is 3.60. The van der Waals surface area contributed by atoms with Crippen LogP contribution in [0.3, 0.4) is 0 Å². The minimum absolute atomic E-state index is 0.179. The molecule has 0 spiro atoms. The zero-order valence-corrected chi connectivity index (χ0v) is 13.0. The minimum atomic E-state index is -0.234. The van der Waals surface area contributed by atoms with E-state index in [4.69, 9.17) is 10.5 Å². The molecule has 2 aromatic rings. The average Bonchev–Trinajstić information content (AvgIpc) is 2.83. The number of hydrogen-bond donors (Lipinski definition) is 1. The van der Waals surface area contributed by atoms with Crippen molar-refractivity contribution in [1.82, 2.24) is 0 Å². The SMILES string of the molecule is COc1ccc(/C=C2\N=C(N)N(c3ccc(C)cc3)C2=O)cc1. The molecular formula is C18H17N3O2. The molecule has 0 unspecified atom stereocenters. The number of aliphatic imine (C=N–C) groups is 1. The molecule has 1 aliphatic rings. The summed E-state index contributed by atoms with van der Waals surface area (Å²) < 4.78 is 5.12. The van der Waals surface area contributed by atoms with Gasteiger partial charge in [0.2, 0.25) is 5.96 Å². The molecule has 5 heteroatoms. The molecule has 0 bridgehead atoms. The van der Waals surface area contributed by atoms with Gasteiger partial charge in [-0.05, 0) is 42.8 Å². The molecule has 0 atom stereocenters. The molecule has 0 radical (unpaired) electrons. The smallest absolute Gasteiger partial charge is 0.283 e. The van der Waals surface area contributed by atoms with Crippen LogP contribution in [0.15, 0.2) is 59.2 Å². The number of nitrogens with zero attached hydrogens (tertiary/aromatic N) is 2. The number of guanidine groups is 1. The van der Waals surface area contributed by atoms with Crippen molar-refractivity contribution in [3.8, 4) is 5.75 Å². The summed E-state index contributed by atoms with van der Waals surface area (Å²) in [5.41, 5.74) is 8.92. The largest absolute Gasteiger partial charge is 0.497 e. The molecule has 3 rings (SSSR count). The Hall–Kier alpha value is -3.08. The van der Waals surface area contributed by atoms with E-state index >= 15 is 0 Å². The van der Waals surface area contributed by atoms with Crippen LogP contribution in [-0.4, -0.2) is 19.0 Å². The van der Waals surface area contributed by atoms with E-state index in [1.54, 1.807) is 13.2 Å². The van der Waals surface area contributed by atoms with Crippen LogP contribution in [0.2, 0.25) is 0 Å². The summed E-state index contributed by atoms with van der Waals surface area (Å²) in [4.78, 5) is 18.2.